The first-order chi connectivity index (χ1) is 12.3. The van der Waals surface area contributed by atoms with Gasteiger partial charge in [-0.05, 0) is 45.7 Å². The Labute approximate surface area is 153 Å². The second kappa shape index (κ2) is 8.84. The standard InChI is InChI=1S/C18H27N3O5/c1-18(2,3)26-17(24)21-10-5-6-13(21)12-25-14-7-4-8-19-15(14)16(23)20-9-11-22/h4,7-8,13,22H,5-6,9-12H2,1-3H3,(H,20,23). The average Bonchev–Trinajstić information content (AvgIpc) is 3.05. The quantitative estimate of drug-likeness (QED) is 0.794. The Hall–Kier alpha value is -2.35. The third-order valence-corrected chi connectivity index (χ3v) is 3.82. The molecule has 1 aliphatic rings. The minimum absolute atomic E-state index is 0.113. The largest absolute Gasteiger partial charge is 0.489 e. The summed E-state index contributed by atoms with van der Waals surface area (Å²) in [5, 5.41) is 11.4. The van der Waals surface area contributed by atoms with Crippen molar-refractivity contribution in [3.05, 3.63) is 24.0 Å². The molecule has 8 heteroatoms. The van der Waals surface area contributed by atoms with Crippen molar-refractivity contribution in [2.45, 2.75) is 45.3 Å². The molecule has 1 aliphatic heterocycles. The van der Waals surface area contributed by atoms with Gasteiger partial charge in [-0.3, -0.25) is 4.79 Å². The second-order valence-electron chi connectivity index (χ2n) is 7.11. The molecular formula is C18H27N3O5. The van der Waals surface area contributed by atoms with Crippen LogP contribution in [0.2, 0.25) is 0 Å². The molecule has 2 heterocycles. The Morgan fingerprint density at radius 2 is 2.19 bits per heavy atom. The van der Waals surface area contributed by atoms with Crippen molar-refractivity contribution >= 4 is 12.0 Å². The van der Waals surface area contributed by atoms with E-state index in [1.165, 1.54) is 6.20 Å². The molecule has 2 N–H and O–H groups in total. The predicted octanol–water partition coefficient (Wildman–Crippen LogP) is 1.58. The van der Waals surface area contributed by atoms with Crippen LogP contribution in [0.25, 0.3) is 0 Å². The summed E-state index contributed by atoms with van der Waals surface area (Å²) >= 11 is 0. The van der Waals surface area contributed by atoms with E-state index in [9.17, 15) is 9.59 Å². The molecule has 1 fully saturated rings. The van der Waals surface area contributed by atoms with Gasteiger partial charge in [-0.15, -0.1) is 0 Å². The van der Waals surface area contributed by atoms with Gasteiger partial charge < -0.3 is 24.8 Å². The number of pyridine rings is 1. The number of ether oxygens (including phenoxy) is 2. The van der Waals surface area contributed by atoms with Gasteiger partial charge in [0.25, 0.3) is 5.91 Å². The first-order valence-corrected chi connectivity index (χ1v) is 8.78. The Bertz CT molecular complexity index is 629. The summed E-state index contributed by atoms with van der Waals surface area (Å²) in [5.74, 6) is -0.0657. The number of aliphatic hydroxyl groups is 1. The minimum atomic E-state index is -0.549. The van der Waals surface area contributed by atoms with E-state index >= 15 is 0 Å². The van der Waals surface area contributed by atoms with Crippen molar-refractivity contribution in [2.75, 3.05) is 26.3 Å². The monoisotopic (exact) mass is 365 g/mol. The van der Waals surface area contributed by atoms with Gasteiger partial charge in [-0.1, -0.05) is 0 Å². The number of hydrogen-bond donors (Lipinski definition) is 2. The SMILES string of the molecule is CC(C)(C)OC(=O)N1CCCC1COc1cccnc1C(=O)NCCO. The maximum absolute atomic E-state index is 12.3. The van der Waals surface area contributed by atoms with E-state index in [1.54, 1.807) is 17.0 Å². The van der Waals surface area contributed by atoms with Crippen LogP contribution in [0.1, 0.15) is 44.1 Å². The molecule has 1 atom stereocenters. The lowest BCUT2D eigenvalue weighted by molar-refractivity contribution is 0.0186. The smallest absolute Gasteiger partial charge is 0.410 e. The van der Waals surface area contributed by atoms with Crippen LogP contribution in [0, 0.1) is 0 Å². The van der Waals surface area contributed by atoms with E-state index in [-0.39, 0.29) is 37.6 Å². The number of amides is 2. The lowest BCUT2D eigenvalue weighted by Gasteiger charge is -2.28. The van der Waals surface area contributed by atoms with Crippen molar-refractivity contribution in [1.29, 1.82) is 0 Å². The van der Waals surface area contributed by atoms with E-state index in [0.717, 1.165) is 12.8 Å². The number of likely N-dealkylation sites (tertiary alicyclic amines) is 1. The van der Waals surface area contributed by atoms with Gasteiger partial charge in [0.05, 0.1) is 12.6 Å². The zero-order valence-corrected chi connectivity index (χ0v) is 15.5. The molecule has 0 spiro atoms. The van der Waals surface area contributed by atoms with Gasteiger partial charge in [0.1, 0.15) is 12.2 Å². The summed E-state index contributed by atoms with van der Waals surface area (Å²) in [5.41, 5.74) is -0.394. The highest BCUT2D eigenvalue weighted by Crippen LogP contribution is 2.23. The fourth-order valence-electron chi connectivity index (χ4n) is 2.69. The molecule has 0 aliphatic carbocycles. The van der Waals surface area contributed by atoms with Crippen LogP contribution < -0.4 is 10.1 Å². The number of carbonyl (C=O) groups is 2. The second-order valence-corrected chi connectivity index (χ2v) is 7.11. The van der Waals surface area contributed by atoms with Gasteiger partial charge in [-0.2, -0.15) is 0 Å². The van der Waals surface area contributed by atoms with Crippen molar-refractivity contribution in [3.8, 4) is 5.75 Å². The summed E-state index contributed by atoms with van der Waals surface area (Å²) in [6.45, 7) is 6.37. The average molecular weight is 365 g/mol. The van der Waals surface area contributed by atoms with Gasteiger partial charge in [0.15, 0.2) is 11.4 Å². The maximum Gasteiger partial charge on any atom is 0.410 e. The van der Waals surface area contributed by atoms with Crippen molar-refractivity contribution < 1.29 is 24.2 Å². The minimum Gasteiger partial charge on any atom is -0.489 e. The predicted molar refractivity (Wildman–Crippen MR) is 95.1 cm³/mol. The van der Waals surface area contributed by atoms with E-state index in [4.69, 9.17) is 14.6 Å². The Balaban J connectivity index is 1.99. The fraction of sp³-hybridized carbons (Fsp3) is 0.611. The van der Waals surface area contributed by atoms with Gasteiger partial charge in [0, 0.05) is 19.3 Å². The number of carbonyl (C=O) groups excluding carboxylic acids is 2. The Kier molecular flexibility index (Phi) is 6.79. The van der Waals surface area contributed by atoms with Crippen LogP contribution in [0.5, 0.6) is 5.75 Å². The van der Waals surface area contributed by atoms with Crippen LogP contribution in [0.3, 0.4) is 0 Å². The van der Waals surface area contributed by atoms with Crippen molar-refractivity contribution in [3.63, 3.8) is 0 Å². The first kappa shape index (κ1) is 20.0. The zero-order valence-electron chi connectivity index (χ0n) is 15.5. The van der Waals surface area contributed by atoms with E-state index in [2.05, 4.69) is 10.3 Å². The number of hydrogen-bond acceptors (Lipinski definition) is 6. The van der Waals surface area contributed by atoms with Gasteiger partial charge >= 0.3 is 6.09 Å². The molecule has 0 aromatic carbocycles. The maximum atomic E-state index is 12.3. The molecule has 1 unspecified atom stereocenters. The van der Waals surface area contributed by atoms with E-state index in [0.29, 0.717) is 12.3 Å². The fourth-order valence-corrected chi connectivity index (χ4v) is 2.69. The molecule has 8 nitrogen and oxygen atoms in total. The summed E-state index contributed by atoms with van der Waals surface area (Å²) in [4.78, 5) is 30.2. The zero-order chi connectivity index (χ0) is 19.2. The van der Waals surface area contributed by atoms with E-state index < -0.39 is 11.5 Å². The third-order valence-electron chi connectivity index (χ3n) is 3.82. The highest BCUT2D eigenvalue weighted by Gasteiger charge is 2.32. The summed E-state index contributed by atoms with van der Waals surface area (Å²) in [7, 11) is 0. The molecule has 0 bridgehead atoms. The molecule has 1 aromatic rings. The van der Waals surface area contributed by atoms with Gasteiger partial charge in [0.2, 0.25) is 0 Å². The van der Waals surface area contributed by atoms with Crippen molar-refractivity contribution in [1.82, 2.24) is 15.2 Å². The highest BCUT2D eigenvalue weighted by molar-refractivity contribution is 5.94. The molecular weight excluding hydrogens is 338 g/mol. The molecule has 0 radical (unpaired) electrons. The third kappa shape index (κ3) is 5.59. The van der Waals surface area contributed by atoms with E-state index in [1.807, 2.05) is 20.8 Å². The van der Waals surface area contributed by atoms with Crippen LogP contribution in [0.4, 0.5) is 4.79 Å². The Morgan fingerprint density at radius 3 is 2.88 bits per heavy atom. The molecule has 144 valence electrons. The molecule has 2 rings (SSSR count). The first-order valence-electron chi connectivity index (χ1n) is 8.78. The summed E-state index contributed by atoms with van der Waals surface area (Å²) < 4.78 is 11.2. The lowest BCUT2D eigenvalue weighted by atomic mass is 10.2. The number of nitrogens with zero attached hydrogens (tertiary/aromatic N) is 2. The van der Waals surface area contributed by atoms with Crippen LogP contribution in [-0.2, 0) is 4.74 Å². The Morgan fingerprint density at radius 1 is 1.42 bits per heavy atom. The molecule has 26 heavy (non-hydrogen) atoms. The highest BCUT2D eigenvalue weighted by atomic mass is 16.6. The molecule has 1 saturated heterocycles. The van der Waals surface area contributed by atoms with Crippen LogP contribution >= 0.6 is 0 Å². The van der Waals surface area contributed by atoms with Crippen molar-refractivity contribution in [2.24, 2.45) is 0 Å². The number of aliphatic hydroxyl groups excluding tert-OH is 1. The normalized spacial score (nSPS) is 17.1. The summed E-state index contributed by atoms with van der Waals surface area (Å²) in [6.07, 6.45) is 2.84. The number of nitrogens with one attached hydrogen (secondary N) is 1. The molecule has 2 amide bonds. The molecule has 0 saturated carbocycles. The number of aromatic nitrogens is 1. The number of rotatable bonds is 6. The topological polar surface area (TPSA) is 101 Å². The lowest BCUT2D eigenvalue weighted by Crippen LogP contribution is -2.42. The molecule has 1 aromatic heterocycles. The van der Waals surface area contributed by atoms with Crippen LogP contribution in [-0.4, -0.2) is 64.9 Å². The van der Waals surface area contributed by atoms with Crippen LogP contribution in [0.15, 0.2) is 18.3 Å². The summed E-state index contributed by atoms with van der Waals surface area (Å²) in [6, 6.07) is 3.23. The van der Waals surface area contributed by atoms with Gasteiger partial charge in [-0.25, -0.2) is 9.78 Å².